The monoisotopic (exact) mass is 654 g/mol. The van der Waals surface area contributed by atoms with Crippen LogP contribution in [0.3, 0.4) is 0 Å². The zero-order valence-corrected chi connectivity index (χ0v) is 27.5. The molecule has 0 amide bonds. The Balaban J connectivity index is 1.12. The van der Waals surface area contributed by atoms with Crippen molar-refractivity contribution in [3.8, 4) is 33.7 Å². The highest BCUT2D eigenvalue weighted by atomic mass is 16.3. The van der Waals surface area contributed by atoms with Crippen LogP contribution < -0.4 is 4.90 Å². The molecule has 2 heterocycles. The van der Waals surface area contributed by atoms with Gasteiger partial charge in [0, 0.05) is 39.0 Å². The van der Waals surface area contributed by atoms with Gasteiger partial charge in [-0.1, -0.05) is 115 Å². The summed E-state index contributed by atoms with van der Waals surface area (Å²) in [5, 5.41) is 4.65. The molecule has 10 rings (SSSR count). The summed E-state index contributed by atoms with van der Waals surface area (Å²) in [4.78, 5) is 7.15. The van der Waals surface area contributed by atoms with Gasteiger partial charge in [0.05, 0.1) is 0 Å². The third kappa shape index (κ3) is 5.04. The second-order valence-corrected chi connectivity index (χ2v) is 12.8. The van der Waals surface area contributed by atoms with Crippen molar-refractivity contribution < 1.29 is 8.83 Å². The minimum absolute atomic E-state index is 0.614. The molecule has 0 unspecified atom stereocenters. The van der Waals surface area contributed by atoms with E-state index in [1.165, 1.54) is 21.9 Å². The van der Waals surface area contributed by atoms with Crippen LogP contribution in [0.1, 0.15) is 0 Å². The number of furan rings is 1. The molecule has 0 atom stereocenters. The minimum atomic E-state index is 0.614. The molecule has 0 N–H and O–H groups in total. The van der Waals surface area contributed by atoms with Crippen LogP contribution in [0.4, 0.5) is 17.1 Å². The third-order valence-corrected chi connectivity index (χ3v) is 9.70. The van der Waals surface area contributed by atoms with Crippen molar-refractivity contribution in [3.63, 3.8) is 0 Å². The third-order valence-electron chi connectivity index (χ3n) is 9.70. The first-order chi connectivity index (χ1) is 25.3. The lowest BCUT2D eigenvalue weighted by Crippen LogP contribution is -2.10. The number of hydrogen-bond acceptors (Lipinski definition) is 4. The molecule has 0 saturated carbocycles. The maximum absolute atomic E-state index is 6.44. The van der Waals surface area contributed by atoms with Gasteiger partial charge in [0.25, 0.3) is 0 Å². The van der Waals surface area contributed by atoms with Gasteiger partial charge in [0.2, 0.25) is 5.89 Å². The van der Waals surface area contributed by atoms with Gasteiger partial charge >= 0.3 is 0 Å². The predicted octanol–water partition coefficient (Wildman–Crippen LogP) is 13.4. The summed E-state index contributed by atoms with van der Waals surface area (Å²) in [6.45, 7) is 0. The average Bonchev–Trinajstić information content (AvgIpc) is 3.81. The number of oxazole rings is 1. The molecule has 4 heteroatoms. The Morgan fingerprint density at radius 3 is 1.96 bits per heavy atom. The van der Waals surface area contributed by atoms with E-state index in [2.05, 4.69) is 132 Å². The van der Waals surface area contributed by atoms with Gasteiger partial charge in [-0.25, -0.2) is 4.98 Å². The van der Waals surface area contributed by atoms with Crippen molar-refractivity contribution >= 4 is 60.9 Å². The van der Waals surface area contributed by atoms with Crippen molar-refractivity contribution in [1.29, 1.82) is 0 Å². The first kappa shape index (κ1) is 29.0. The second kappa shape index (κ2) is 11.9. The molecule has 51 heavy (non-hydrogen) atoms. The van der Waals surface area contributed by atoms with Gasteiger partial charge in [0.15, 0.2) is 5.58 Å². The van der Waals surface area contributed by atoms with Crippen LogP contribution in [0.25, 0.3) is 77.5 Å². The van der Waals surface area contributed by atoms with Gasteiger partial charge in [-0.05, 0) is 94.2 Å². The highest BCUT2D eigenvalue weighted by molar-refractivity contribution is 6.06. The van der Waals surface area contributed by atoms with Gasteiger partial charge in [-0.3, -0.25) is 0 Å². The van der Waals surface area contributed by atoms with Gasteiger partial charge in [-0.15, -0.1) is 0 Å². The van der Waals surface area contributed by atoms with Gasteiger partial charge in [-0.2, -0.15) is 0 Å². The van der Waals surface area contributed by atoms with Crippen LogP contribution in [0, 0.1) is 0 Å². The Morgan fingerprint density at radius 2 is 1.06 bits per heavy atom. The Kier molecular flexibility index (Phi) is 6.78. The summed E-state index contributed by atoms with van der Waals surface area (Å²) in [7, 11) is 0. The number of nitrogens with zero attached hydrogens (tertiary/aromatic N) is 2. The lowest BCUT2D eigenvalue weighted by atomic mass is 9.98. The first-order valence-electron chi connectivity index (χ1n) is 17.1. The van der Waals surface area contributed by atoms with Crippen molar-refractivity contribution in [1.82, 2.24) is 4.98 Å². The number of fused-ring (bicyclic) bond motifs is 5. The molecule has 0 spiro atoms. The van der Waals surface area contributed by atoms with Crippen LogP contribution in [0.15, 0.2) is 191 Å². The smallest absolute Gasteiger partial charge is 0.227 e. The lowest BCUT2D eigenvalue weighted by molar-refractivity contribution is 0.621. The summed E-state index contributed by atoms with van der Waals surface area (Å²) < 4.78 is 12.7. The highest BCUT2D eigenvalue weighted by Crippen LogP contribution is 2.42. The van der Waals surface area contributed by atoms with E-state index in [1.807, 2.05) is 54.6 Å². The van der Waals surface area contributed by atoms with E-state index in [0.717, 1.165) is 66.8 Å². The van der Waals surface area contributed by atoms with Gasteiger partial charge in [0.1, 0.15) is 16.7 Å². The normalized spacial score (nSPS) is 11.5. The van der Waals surface area contributed by atoms with E-state index in [9.17, 15) is 0 Å². The van der Waals surface area contributed by atoms with E-state index >= 15 is 0 Å². The Bertz CT molecular complexity index is 2860. The maximum atomic E-state index is 6.44. The Hall–Kier alpha value is -6.91. The summed E-state index contributed by atoms with van der Waals surface area (Å²) in [5.41, 5.74) is 11.8. The molecule has 0 aliphatic rings. The zero-order valence-electron chi connectivity index (χ0n) is 27.5. The topological polar surface area (TPSA) is 42.4 Å². The van der Waals surface area contributed by atoms with E-state index in [-0.39, 0.29) is 0 Å². The number of aromatic nitrogens is 1. The fourth-order valence-corrected chi connectivity index (χ4v) is 7.26. The molecular formula is C47H30N2O2. The lowest BCUT2D eigenvalue weighted by Gasteiger charge is -2.26. The highest BCUT2D eigenvalue weighted by Gasteiger charge is 2.18. The molecule has 0 aliphatic heterocycles. The molecule has 2 aromatic heterocycles. The molecule has 0 bridgehead atoms. The number of rotatable bonds is 6. The first-order valence-corrected chi connectivity index (χ1v) is 17.1. The molecule has 8 aromatic carbocycles. The average molecular weight is 655 g/mol. The summed E-state index contributed by atoms with van der Waals surface area (Å²) in [6.07, 6.45) is 0. The summed E-state index contributed by atoms with van der Waals surface area (Å²) >= 11 is 0. The summed E-state index contributed by atoms with van der Waals surface area (Å²) in [6, 6.07) is 63.4. The van der Waals surface area contributed by atoms with E-state index in [4.69, 9.17) is 13.8 Å². The van der Waals surface area contributed by atoms with Crippen LogP contribution >= 0.6 is 0 Å². The second-order valence-electron chi connectivity index (χ2n) is 12.8. The molecule has 0 fully saturated rings. The molecule has 4 nitrogen and oxygen atoms in total. The molecule has 240 valence electrons. The SMILES string of the molecule is c1ccc(-c2nc3cccc(-c4cccc(N(c5ccc(-c6cccc7ccccc67)cc5)c5ccc6oc7ccccc7c6c5)c4)c3o2)cc1. The molecule has 0 radical (unpaired) electrons. The number of benzene rings is 8. The van der Waals surface area contributed by atoms with Crippen LogP contribution in [0.5, 0.6) is 0 Å². The quantitative estimate of drug-likeness (QED) is 0.179. The van der Waals surface area contributed by atoms with Crippen LogP contribution in [-0.2, 0) is 0 Å². The standard InChI is InChI=1S/C47H30N2O2/c1-2-12-33(13-3-1)47-48-43-21-10-20-40(46(43)51-47)34-15-8-16-36(29-34)49(37-27-28-45-42(30-37)41-18-6-7-22-44(41)50-45)35-25-23-32(24-26-35)39-19-9-14-31-11-4-5-17-38(31)39/h1-30H. The van der Waals surface area contributed by atoms with Gasteiger partial charge < -0.3 is 13.7 Å². The number of hydrogen-bond donors (Lipinski definition) is 0. The predicted molar refractivity (Wildman–Crippen MR) is 210 cm³/mol. The van der Waals surface area contributed by atoms with Crippen molar-refractivity contribution in [2.24, 2.45) is 0 Å². The maximum Gasteiger partial charge on any atom is 0.227 e. The summed E-state index contributed by atoms with van der Waals surface area (Å²) in [5.74, 6) is 0.614. The Morgan fingerprint density at radius 1 is 0.392 bits per heavy atom. The minimum Gasteiger partial charge on any atom is -0.456 e. The van der Waals surface area contributed by atoms with Crippen molar-refractivity contribution in [2.45, 2.75) is 0 Å². The largest absolute Gasteiger partial charge is 0.456 e. The number of anilines is 3. The fraction of sp³-hybridized carbons (Fsp3) is 0. The van der Waals surface area contributed by atoms with Crippen molar-refractivity contribution in [3.05, 3.63) is 182 Å². The number of para-hydroxylation sites is 2. The molecule has 10 aromatic rings. The van der Waals surface area contributed by atoms with E-state index in [0.29, 0.717) is 5.89 Å². The molecule has 0 aliphatic carbocycles. The van der Waals surface area contributed by atoms with Crippen LogP contribution in [0.2, 0.25) is 0 Å². The molecular weight excluding hydrogens is 625 g/mol. The van der Waals surface area contributed by atoms with E-state index in [1.54, 1.807) is 0 Å². The van der Waals surface area contributed by atoms with E-state index < -0.39 is 0 Å². The Labute approximate surface area is 294 Å². The van der Waals surface area contributed by atoms with Crippen LogP contribution in [-0.4, -0.2) is 4.98 Å². The van der Waals surface area contributed by atoms with Crippen molar-refractivity contribution in [2.75, 3.05) is 4.90 Å². The molecule has 0 saturated heterocycles. The fourth-order valence-electron chi connectivity index (χ4n) is 7.26. The zero-order chi connectivity index (χ0) is 33.7.